The number of rotatable bonds is 10. The van der Waals surface area contributed by atoms with Crippen LogP contribution in [0.3, 0.4) is 0 Å². The summed E-state index contributed by atoms with van der Waals surface area (Å²) in [5, 5.41) is 31.8. The third-order valence-electron chi connectivity index (χ3n) is 15.2. The second kappa shape index (κ2) is 19.6. The number of halogens is 2. The molecule has 6 aromatic heterocycles. The normalized spacial score (nSPS) is 16.0. The Labute approximate surface area is 427 Å². The van der Waals surface area contributed by atoms with Crippen LogP contribution < -0.4 is 0 Å². The Morgan fingerprint density at radius 1 is 0.527 bits per heavy atom. The van der Waals surface area contributed by atoms with Gasteiger partial charge in [-0.05, 0) is 150 Å². The van der Waals surface area contributed by atoms with Gasteiger partial charge in [0.1, 0.15) is 24.2 Å². The number of hydrogen-bond acceptors (Lipinski definition) is 10. The molecule has 0 amide bonds. The molecule has 2 fully saturated rings. The number of benzene rings is 4. The summed E-state index contributed by atoms with van der Waals surface area (Å²) in [6.45, 7) is 13.8. The second-order valence-electron chi connectivity index (χ2n) is 21.0. The molecule has 2 saturated heterocycles. The van der Waals surface area contributed by atoms with Gasteiger partial charge in [-0.15, -0.1) is 0 Å². The quantitative estimate of drug-likeness (QED) is 0.136. The number of nitrogens with zero attached hydrogens (tertiary/aromatic N) is 6. The van der Waals surface area contributed by atoms with E-state index in [0.717, 1.165) is 125 Å². The highest BCUT2D eigenvalue weighted by Gasteiger charge is 2.33. The number of hydrogen-bond donors (Lipinski definition) is 2. The molecular weight excluding hydrogens is 939 g/mol. The van der Waals surface area contributed by atoms with Crippen LogP contribution in [0.4, 0.5) is 8.78 Å². The van der Waals surface area contributed by atoms with Gasteiger partial charge in [-0.2, -0.15) is 0 Å². The molecule has 12 nitrogen and oxygen atoms in total. The van der Waals surface area contributed by atoms with Crippen molar-refractivity contribution in [1.82, 2.24) is 29.4 Å². The Balaban J connectivity index is 0.000000159. The predicted molar refractivity (Wildman–Crippen MR) is 282 cm³/mol. The van der Waals surface area contributed by atoms with Crippen LogP contribution in [-0.4, -0.2) is 66.1 Å². The van der Waals surface area contributed by atoms with E-state index in [1.54, 1.807) is 40.2 Å². The summed E-state index contributed by atoms with van der Waals surface area (Å²) in [4.78, 5) is 9.83. The Bertz CT molecular complexity index is 3390. The van der Waals surface area contributed by atoms with Crippen molar-refractivity contribution in [1.29, 1.82) is 0 Å². The molecule has 74 heavy (non-hydrogen) atoms. The zero-order chi connectivity index (χ0) is 51.5. The maximum absolute atomic E-state index is 14.0. The number of fused-ring (bicyclic) bond motifs is 6. The van der Waals surface area contributed by atoms with E-state index < -0.39 is 11.2 Å². The molecule has 10 aromatic rings. The number of pyridine rings is 2. The van der Waals surface area contributed by atoms with Crippen molar-refractivity contribution in [2.24, 2.45) is 11.8 Å². The lowest BCUT2D eigenvalue weighted by atomic mass is 9.86. The first-order chi connectivity index (χ1) is 35.6. The van der Waals surface area contributed by atoms with Crippen molar-refractivity contribution in [2.75, 3.05) is 26.4 Å². The molecule has 2 unspecified atom stereocenters. The van der Waals surface area contributed by atoms with Crippen LogP contribution in [0.1, 0.15) is 99.1 Å². The summed E-state index contributed by atoms with van der Waals surface area (Å²) in [7, 11) is 0. The molecule has 2 aliphatic rings. The van der Waals surface area contributed by atoms with Gasteiger partial charge in [0.05, 0.1) is 67.8 Å². The van der Waals surface area contributed by atoms with Gasteiger partial charge in [0.15, 0.2) is 0 Å². The fraction of sp³-hybridized carbons (Fsp3) is 0.333. The first-order valence-electron chi connectivity index (χ1n) is 25.4. The molecule has 0 spiro atoms. The first-order valence-corrected chi connectivity index (χ1v) is 25.4. The molecule has 14 heteroatoms. The zero-order valence-corrected chi connectivity index (χ0v) is 42.5. The minimum absolute atomic E-state index is 0.0674. The molecule has 12 rings (SSSR count). The average molecular weight is 999 g/mol. The highest BCUT2D eigenvalue weighted by molar-refractivity contribution is 6.08. The molecule has 380 valence electrons. The van der Waals surface area contributed by atoms with Gasteiger partial charge in [-0.1, -0.05) is 58.8 Å². The van der Waals surface area contributed by atoms with Gasteiger partial charge in [0.2, 0.25) is 0 Å². The van der Waals surface area contributed by atoms with E-state index in [9.17, 15) is 19.0 Å². The van der Waals surface area contributed by atoms with Gasteiger partial charge in [0.25, 0.3) is 0 Å². The summed E-state index contributed by atoms with van der Waals surface area (Å²) in [6.07, 6.45) is 10.6. The van der Waals surface area contributed by atoms with Crippen LogP contribution >= 0.6 is 0 Å². The molecule has 0 aliphatic carbocycles. The number of aromatic nitrogens is 6. The molecule has 0 bridgehead atoms. The highest BCUT2D eigenvalue weighted by Crippen LogP contribution is 2.44. The number of aliphatic hydroxyl groups is 2. The van der Waals surface area contributed by atoms with Crippen LogP contribution in [0.5, 0.6) is 0 Å². The van der Waals surface area contributed by atoms with E-state index in [4.69, 9.17) is 28.5 Å². The molecule has 8 heterocycles. The standard InChI is InChI=1S/2C30H30FN3O3/c2*1-18-25(17-37-33-18)21-14-27-28(32-16-21)24-9-6-22(30(2,3)35)15-26(24)34(27)29(20-10-12-36-13-11-20)19-4-7-23(31)8-5-19/h2*4-9,14-17,20,29,35H,10-13H2,1-3H3. The van der Waals surface area contributed by atoms with Crippen LogP contribution in [-0.2, 0) is 20.7 Å². The summed E-state index contributed by atoms with van der Waals surface area (Å²) in [6, 6.07) is 30.0. The van der Waals surface area contributed by atoms with Crippen molar-refractivity contribution in [2.45, 2.75) is 90.5 Å². The topological polar surface area (TPSA) is 147 Å². The molecule has 2 atom stereocenters. The summed E-state index contributed by atoms with van der Waals surface area (Å²) in [5.74, 6) is 0.0513. The van der Waals surface area contributed by atoms with E-state index >= 15 is 0 Å². The maximum atomic E-state index is 14.0. The molecule has 0 saturated carbocycles. The fourth-order valence-corrected chi connectivity index (χ4v) is 11.3. The lowest BCUT2D eigenvalue weighted by Gasteiger charge is -2.33. The third-order valence-corrected chi connectivity index (χ3v) is 15.2. The molecule has 0 radical (unpaired) electrons. The van der Waals surface area contributed by atoms with Crippen LogP contribution in [0.15, 0.2) is 131 Å². The maximum Gasteiger partial charge on any atom is 0.131 e. The van der Waals surface area contributed by atoms with Gasteiger partial charge >= 0.3 is 0 Å². The Kier molecular flexibility index (Phi) is 13.0. The minimum Gasteiger partial charge on any atom is -0.386 e. The van der Waals surface area contributed by atoms with Crippen molar-refractivity contribution >= 4 is 43.9 Å². The van der Waals surface area contributed by atoms with Crippen molar-refractivity contribution in [3.8, 4) is 22.3 Å². The smallest absolute Gasteiger partial charge is 0.131 e. The predicted octanol–water partition coefficient (Wildman–Crippen LogP) is 13.1. The first kappa shape index (κ1) is 49.1. The van der Waals surface area contributed by atoms with E-state index in [0.29, 0.717) is 26.4 Å². The van der Waals surface area contributed by atoms with Crippen LogP contribution in [0, 0.1) is 37.3 Å². The monoisotopic (exact) mass is 998 g/mol. The average Bonchev–Trinajstić information content (AvgIpc) is 4.18. The lowest BCUT2D eigenvalue weighted by Crippen LogP contribution is -2.27. The zero-order valence-electron chi connectivity index (χ0n) is 42.5. The Morgan fingerprint density at radius 3 is 1.24 bits per heavy atom. The SMILES string of the molecule is Cc1nocc1-c1cnc2c3ccc(C(C)(C)O)cc3n(C(c3ccc(F)cc3)C3CCOCC3)c2c1.Cc1nocc1-c1cnc2c3ccc(C(C)(C)O)cc3n(C(c3ccc(F)cc3)C3CCOCC3)c2c1. The molecule has 4 aromatic carbocycles. The van der Waals surface area contributed by atoms with Crippen LogP contribution in [0.25, 0.3) is 66.1 Å². The van der Waals surface area contributed by atoms with E-state index in [1.807, 2.05) is 74.8 Å². The van der Waals surface area contributed by atoms with E-state index in [1.165, 1.54) is 24.3 Å². The van der Waals surface area contributed by atoms with Gasteiger partial charge < -0.3 is 37.9 Å². The van der Waals surface area contributed by atoms with Crippen molar-refractivity contribution in [3.05, 3.63) is 167 Å². The van der Waals surface area contributed by atoms with Crippen molar-refractivity contribution < 1.29 is 37.5 Å². The molecule has 2 N–H and O–H groups in total. The van der Waals surface area contributed by atoms with Crippen LogP contribution in [0.2, 0.25) is 0 Å². The lowest BCUT2D eigenvalue weighted by molar-refractivity contribution is 0.0551. The van der Waals surface area contributed by atoms with Gasteiger partial charge in [0, 0.05) is 71.8 Å². The summed E-state index contributed by atoms with van der Waals surface area (Å²) < 4.78 is 54.5. The number of ether oxygens (including phenoxy) is 2. The van der Waals surface area contributed by atoms with E-state index in [2.05, 4.69) is 43.7 Å². The largest absolute Gasteiger partial charge is 0.386 e. The molecule has 2 aliphatic heterocycles. The Hall–Kier alpha value is -7.10. The highest BCUT2D eigenvalue weighted by atomic mass is 19.1. The van der Waals surface area contributed by atoms with Gasteiger partial charge in [-0.3, -0.25) is 9.97 Å². The second-order valence-corrected chi connectivity index (χ2v) is 21.0. The fourth-order valence-electron chi connectivity index (χ4n) is 11.3. The number of aryl methyl sites for hydroxylation is 2. The van der Waals surface area contributed by atoms with Gasteiger partial charge in [-0.25, -0.2) is 8.78 Å². The van der Waals surface area contributed by atoms with Crippen molar-refractivity contribution in [3.63, 3.8) is 0 Å². The van der Waals surface area contributed by atoms with E-state index in [-0.39, 0.29) is 35.6 Å². The summed E-state index contributed by atoms with van der Waals surface area (Å²) >= 11 is 0. The third kappa shape index (κ3) is 9.29. The Morgan fingerprint density at radius 2 is 0.905 bits per heavy atom. The molecular formula is C60H60F2N6O6. The minimum atomic E-state index is -1.00. The summed E-state index contributed by atoms with van der Waals surface area (Å²) in [5.41, 5.74) is 12.6.